The van der Waals surface area contributed by atoms with Crippen LogP contribution in [0.4, 0.5) is 0 Å². The Morgan fingerprint density at radius 2 is 0.883 bits per heavy atom. The van der Waals surface area contributed by atoms with Gasteiger partial charge in [-0.15, -0.1) is 0 Å². The lowest BCUT2D eigenvalue weighted by Gasteiger charge is -2.22. The van der Waals surface area contributed by atoms with Crippen molar-refractivity contribution in [3.8, 4) is 67.5 Å². The molecule has 0 aliphatic heterocycles. The van der Waals surface area contributed by atoms with Crippen LogP contribution in [-0.4, -0.2) is 15.0 Å². The van der Waals surface area contributed by atoms with Gasteiger partial charge in [-0.25, -0.2) is 15.0 Å². The number of benzene rings is 9. The van der Waals surface area contributed by atoms with Crippen LogP contribution in [0.5, 0.6) is 0 Å². The molecule has 2 aromatic heterocycles. The summed E-state index contributed by atoms with van der Waals surface area (Å²) in [4.78, 5) is 15.0. The van der Waals surface area contributed by atoms with Gasteiger partial charge in [-0.2, -0.15) is 0 Å². The molecule has 1 aliphatic rings. The Kier molecular flexibility index (Phi) is 7.54. The number of fused-ring (bicyclic) bond motifs is 9. The molecule has 9 aromatic carbocycles. The Morgan fingerprint density at radius 3 is 1.57 bits per heavy atom. The Balaban J connectivity index is 0.928. The van der Waals surface area contributed by atoms with Gasteiger partial charge < -0.3 is 4.42 Å². The Hall–Kier alpha value is -7.69. The van der Waals surface area contributed by atoms with E-state index in [4.69, 9.17) is 19.4 Å². The average Bonchev–Trinajstić information content (AvgIpc) is 3.80. The van der Waals surface area contributed by atoms with Crippen LogP contribution < -0.4 is 0 Å². The van der Waals surface area contributed by atoms with Crippen LogP contribution in [0.15, 0.2) is 192 Å². The lowest BCUT2D eigenvalue weighted by atomic mass is 9.81. The monoisotopic (exact) mass is 767 g/mol. The van der Waals surface area contributed by atoms with Crippen molar-refractivity contribution in [2.75, 3.05) is 0 Å². The van der Waals surface area contributed by atoms with Gasteiger partial charge in [0.2, 0.25) is 0 Å². The minimum Gasteiger partial charge on any atom is -0.456 e. The predicted molar refractivity (Wildman–Crippen MR) is 247 cm³/mol. The van der Waals surface area contributed by atoms with Crippen LogP contribution in [0.2, 0.25) is 0 Å². The van der Waals surface area contributed by atoms with Crippen LogP contribution in [0.1, 0.15) is 25.0 Å². The first-order valence-corrected chi connectivity index (χ1v) is 20.5. The summed E-state index contributed by atoms with van der Waals surface area (Å²) < 4.78 is 6.47. The van der Waals surface area contributed by atoms with E-state index in [0.29, 0.717) is 17.5 Å². The molecular weight excluding hydrogens is 731 g/mol. The maximum Gasteiger partial charge on any atom is 0.164 e. The second-order valence-electron chi connectivity index (χ2n) is 16.4. The molecule has 0 unspecified atom stereocenters. The van der Waals surface area contributed by atoms with Crippen LogP contribution in [0, 0.1) is 0 Å². The van der Waals surface area contributed by atoms with Crippen molar-refractivity contribution in [3.05, 3.63) is 199 Å². The molecule has 0 spiro atoms. The molecule has 12 rings (SSSR count). The highest BCUT2D eigenvalue weighted by Gasteiger charge is 2.35. The van der Waals surface area contributed by atoms with Crippen molar-refractivity contribution in [3.63, 3.8) is 0 Å². The van der Waals surface area contributed by atoms with Crippen molar-refractivity contribution in [1.82, 2.24) is 15.0 Å². The highest BCUT2D eigenvalue weighted by molar-refractivity contribution is 6.13. The second kappa shape index (κ2) is 13.2. The van der Waals surface area contributed by atoms with Gasteiger partial charge in [-0.1, -0.05) is 166 Å². The van der Waals surface area contributed by atoms with E-state index in [9.17, 15) is 0 Å². The molecule has 0 fully saturated rings. The zero-order chi connectivity index (χ0) is 40.0. The molecule has 0 radical (unpaired) electrons. The van der Waals surface area contributed by atoms with Crippen LogP contribution >= 0.6 is 0 Å². The smallest absolute Gasteiger partial charge is 0.164 e. The van der Waals surface area contributed by atoms with Gasteiger partial charge in [0.1, 0.15) is 11.2 Å². The summed E-state index contributed by atoms with van der Waals surface area (Å²) in [6.07, 6.45) is 0. The number of hydrogen-bond acceptors (Lipinski definition) is 4. The van der Waals surface area contributed by atoms with Gasteiger partial charge >= 0.3 is 0 Å². The zero-order valence-electron chi connectivity index (χ0n) is 33.1. The summed E-state index contributed by atoms with van der Waals surface area (Å²) in [5, 5.41) is 6.93. The molecule has 11 aromatic rings. The van der Waals surface area contributed by atoms with Crippen molar-refractivity contribution in [1.29, 1.82) is 0 Å². The van der Waals surface area contributed by atoms with Gasteiger partial charge in [-0.3, -0.25) is 0 Å². The fourth-order valence-electron chi connectivity index (χ4n) is 9.44. The summed E-state index contributed by atoms with van der Waals surface area (Å²) in [5.41, 5.74) is 14.6. The number of nitrogens with zero attached hydrogens (tertiary/aromatic N) is 3. The molecule has 0 bridgehead atoms. The zero-order valence-corrected chi connectivity index (χ0v) is 33.1. The van der Waals surface area contributed by atoms with Crippen molar-refractivity contribution >= 4 is 43.5 Å². The summed E-state index contributed by atoms with van der Waals surface area (Å²) in [7, 11) is 0. The van der Waals surface area contributed by atoms with Gasteiger partial charge in [0.05, 0.1) is 0 Å². The fourth-order valence-corrected chi connectivity index (χ4v) is 9.44. The van der Waals surface area contributed by atoms with E-state index in [2.05, 4.69) is 129 Å². The minimum absolute atomic E-state index is 0.0303. The van der Waals surface area contributed by atoms with Gasteiger partial charge in [0.15, 0.2) is 17.5 Å². The third-order valence-corrected chi connectivity index (χ3v) is 12.5. The molecule has 282 valence electrons. The first-order valence-electron chi connectivity index (χ1n) is 20.5. The minimum atomic E-state index is -0.0303. The van der Waals surface area contributed by atoms with Crippen molar-refractivity contribution in [2.24, 2.45) is 0 Å². The molecule has 4 nitrogen and oxygen atoms in total. The molecular formula is C56H37N3O. The number of hydrogen-bond donors (Lipinski definition) is 0. The molecule has 0 saturated carbocycles. The Labute approximate surface area is 347 Å². The van der Waals surface area contributed by atoms with E-state index >= 15 is 0 Å². The topological polar surface area (TPSA) is 51.8 Å². The van der Waals surface area contributed by atoms with Gasteiger partial charge in [0.25, 0.3) is 0 Å². The molecule has 4 heteroatoms. The number of furan rings is 1. The number of rotatable bonds is 5. The van der Waals surface area contributed by atoms with Crippen LogP contribution in [-0.2, 0) is 5.41 Å². The third-order valence-electron chi connectivity index (χ3n) is 12.5. The average molecular weight is 768 g/mol. The normalized spacial score (nSPS) is 13.0. The van der Waals surface area contributed by atoms with E-state index < -0.39 is 0 Å². The predicted octanol–water partition coefficient (Wildman–Crippen LogP) is 14.7. The maximum atomic E-state index is 6.47. The van der Waals surface area contributed by atoms with Crippen LogP contribution in [0.3, 0.4) is 0 Å². The van der Waals surface area contributed by atoms with E-state index in [-0.39, 0.29) is 5.41 Å². The maximum absolute atomic E-state index is 6.47. The lowest BCUT2D eigenvalue weighted by molar-refractivity contribution is 0.660. The van der Waals surface area contributed by atoms with Crippen molar-refractivity contribution in [2.45, 2.75) is 19.3 Å². The first-order chi connectivity index (χ1) is 29.5. The van der Waals surface area contributed by atoms with E-state index in [1.165, 1.54) is 54.9 Å². The van der Waals surface area contributed by atoms with Crippen LogP contribution in [0.25, 0.3) is 111 Å². The molecule has 0 amide bonds. The molecule has 0 N–H and O–H groups in total. The molecule has 0 atom stereocenters. The highest BCUT2D eigenvalue weighted by Crippen LogP contribution is 2.49. The van der Waals surface area contributed by atoms with Gasteiger partial charge in [-0.05, 0) is 102 Å². The Morgan fingerprint density at radius 1 is 0.350 bits per heavy atom. The standard InChI is InChI=1S/C56H37N3O/c1-56(2)48-18-10-9-16-44(48)45-28-24-39(33-49(45)56)37-23-27-43-41(31-37)21-20-40-30-36(22-26-42(40)43)38-25-29-50-47(32-38)52-46(17-11-19-51(52)60-50)55-58-53(34-12-5-3-6-13-34)57-54(59-55)35-14-7-4-8-15-35/h3-33H,1-2H3. The first kappa shape index (κ1) is 34.4. The van der Waals surface area contributed by atoms with Gasteiger partial charge in [0, 0.05) is 32.9 Å². The fraction of sp³-hybridized carbons (Fsp3) is 0.0536. The van der Waals surface area contributed by atoms with E-state index in [1.54, 1.807) is 0 Å². The largest absolute Gasteiger partial charge is 0.456 e. The lowest BCUT2D eigenvalue weighted by Crippen LogP contribution is -2.14. The Bertz CT molecular complexity index is 3450. The molecule has 60 heavy (non-hydrogen) atoms. The van der Waals surface area contributed by atoms with Crippen molar-refractivity contribution < 1.29 is 4.42 Å². The van der Waals surface area contributed by atoms with E-state index in [1.807, 2.05) is 72.8 Å². The number of aromatic nitrogens is 3. The summed E-state index contributed by atoms with van der Waals surface area (Å²) in [5.74, 6) is 1.86. The summed E-state index contributed by atoms with van der Waals surface area (Å²) in [6.45, 7) is 4.69. The molecule has 2 heterocycles. The SMILES string of the molecule is CC1(C)c2ccccc2-c2ccc(-c3ccc4c(ccc5cc(-c6ccc7oc8cccc(-c9nc(-c%10ccccc%10)nc(-c%10ccccc%10)n9)c8c7c6)ccc54)c3)cc21. The highest BCUT2D eigenvalue weighted by atomic mass is 16.3. The quantitative estimate of drug-likeness (QED) is 0.164. The second-order valence-corrected chi connectivity index (χ2v) is 16.4. The summed E-state index contributed by atoms with van der Waals surface area (Å²) >= 11 is 0. The third kappa shape index (κ3) is 5.41. The molecule has 0 saturated heterocycles. The van der Waals surface area contributed by atoms with E-state index in [0.717, 1.165) is 49.8 Å². The summed E-state index contributed by atoms with van der Waals surface area (Å²) in [6, 6.07) is 66.8. The molecule has 1 aliphatic carbocycles.